The fourth-order valence-corrected chi connectivity index (χ4v) is 2.91. The molecule has 23 heavy (non-hydrogen) atoms. The molecule has 0 aromatic heterocycles. The van der Waals surface area contributed by atoms with Gasteiger partial charge < -0.3 is 10.6 Å². The molecule has 0 radical (unpaired) electrons. The summed E-state index contributed by atoms with van der Waals surface area (Å²) in [6.45, 7) is 0.896. The second-order valence-corrected chi connectivity index (χ2v) is 5.59. The maximum absolute atomic E-state index is 11.5. The van der Waals surface area contributed by atoms with Crippen molar-refractivity contribution in [3.8, 4) is 0 Å². The Bertz CT molecular complexity index is 668. The first-order valence-electron chi connectivity index (χ1n) is 7.63. The molecule has 1 aliphatic rings. The number of amides is 1. The number of rotatable bonds is 4. The molecule has 2 N–H and O–H groups in total. The van der Waals surface area contributed by atoms with Crippen molar-refractivity contribution in [2.45, 2.75) is 18.9 Å². The predicted molar refractivity (Wildman–Crippen MR) is 98.6 cm³/mol. The highest BCUT2D eigenvalue weighted by molar-refractivity contribution is 5.85. The van der Waals surface area contributed by atoms with Crippen molar-refractivity contribution in [2.75, 3.05) is 11.4 Å². The average molecular weight is 329 g/mol. The smallest absolute Gasteiger partial charge is 0.240 e. The number of hydrogen-bond acceptors (Lipinski definition) is 2. The Kier molecular flexibility index (Phi) is 5.83. The van der Waals surface area contributed by atoms with E-state index >= 15 is 0 Å². The molecular weight excluding hydrogens is 308 g/mol. The quantitative estimate of drug-likeness (QED) is 0.869. The highest BCUT2D eigenvalue weighted by Crippen LogP contribution is 2.26. The Morgan fingerprint density at radius 1 is 1.00 bits per heavy atom. The van der Waals surface area contributed by atoms with Gasteiger partial charge >= 0.3 is 0 Å². The van der Waals surface area contributed by atoms with Gasteiger partial charge in [0.1, 0.15) is 6.04 Å². The first kappa shape index (κ1) is 17.1. The van der Waals surface area contributed by atoms with E-state index in [9.17, 15) is 4.79 Å². The van der Waals surface area contributed by atoms with Gasteiger partial charge in [0.25, 0.3) is 0 Å². The summed E-state index contributed by atoms with van der Waals surface area (Å²) >= 11 is 0. The summed E-state index contributed by atoms with van der Waals surface area (Å²) in [6, 6.07) is 18.3. The van der Waals surface area contributed by atoms with Crippen LogP contribution in [0.2, 0.25) is 0 Å². The Labute approximate surface area is 143 Å². The molecule has 120 valence electrons. The standard InChI is InChI=1S/C19H20N2O.ClH/c20-19(22)18-7-4-14-21(18)17-12-10-16(11-13-17)9-8-15-5-2-1-3-6-15;/h1-3,5-6,8-13,18H,4,7,14H2,(H2,20,22);1H/b9-8+;/t18-;/m1./s1. The van der Waals surface area contributed by atoms with Crippen LogP contribution in [0.4, 0.5) is 5.69 Å². The van der Waals surface area contributed by atoms with Crippen molar-refractivity contribution in [3.63, 3.8) is 0 Å². The van der Waals surface area contributed by atoms with Gasteiger partial charge in [0, 0.05) is 12.2 Å². The third kappa shape index (κ3) is 4.14. The van der Waals surface area contributed by atoms with Crippen LogP contribution in [0.25, 0.3) is 12.2 Å². The topological polar surface area (TPSA) is 46.3 Å². The minimum Gasteiger partial charge on any atom is -0.368 e. The van der Waals surface area contributed by atoms with Crippen LogP contribution in [-0.2, 0) is 4.79 Å². The number of nitrogens with zero attached hydrogens (tertiary/aromatic N) is 1. The molecule has 1 fully saturated rings. The molecule has 2 aromatic rings. The molecule has 0 saturated carbocycles. The molecule has 0 unspecified atom stereocenters. The van der Waals surface area contributed by atoms with E-state index in [1.165, 1.54) is 5.56 Å². The van der Waals surface area contributed by atoms with Gasteiger partial charge in [-0.25, -0.2) is 0 Å². The van der Waals surface area contributed by atoms with E-state index in [0.29, 0.717) is 0 Å². The summed E-state index contributed by atoms with van der Waals surface area (Å²) in [7, 11) is 0. The number of halogens is 1. The summed E-state index contributed by atoms with van der Waals surface area (Å²) < 4.78 is 0. The van der Waals surface area contributed by atoms with E-state index in [4.69, 9.17) is 5.73 Å². The number of hydrogen-bond donors (Lipinski definition) is 1. The monoisotopic (exact) mass is 328 g/mol. The summed E-state index contributed by atoms with van der Waals surface area (Å²) in [4.78, 5) is 13.6. The van der Waals surface area contributed by atoms with E-state index in [0.717, 1.165) is 30.6 Å². The van der Waals surface area contributed by atoms with Gasteiger partial charge in [-0.2, -0.15) is 0 Å². The molecular formula is C19H21ClN2O. The van der Waals surface area contributed by atoms with E-state index in [1.807, 2.05) is 18.2 Å². The Morgan fingerprint density at radius 2 is 1.61 bits per heavy atom. The molecule has 1 aliphatic heterocycles. The van der Waals surface area contributed by atoms with Crippen LogP contribution in [0.5, 0.6) is 0 Å². The number of carbonyl (C=O) groups is 1. The van der Waals surface area contributed by atoms with Gasteiger partial charge in [-0.05, 0) is 36.1 Å². The molecule has 1 atom stereocenters. The van der Waals surface area contributed by atoms with Crippen LogP contribution in [0.1, 0.15) is 24.0 Å². The van der Waals surface area contributed by atoms with Crippen molar-refractivity contribution in [1.29, 1.82) is 0 Å². The second-order valence-electron chi connectivity index (χ2n) is 5.59. The normalized spacial score (nSPS) is 17.2. The lowest BCUT2D eigenvalue weighted by Gasteiger charge is -2.24. The molecule has 3 nitrogen and oxygen atoms in total. The fraction of sp³-hybridized carbons (Fsp3) is 0.211. The molecule has 2 aromatic carbocycles. The zero-order valence-corrected chi connectivity index (χ0v) is 13.7. The van der Waals surface area contributed by atoms with Gasteiger partial charge in [0.05, 0.1) is 0 Å². The minimum absolute atomic E-state index is 0. The van der Waals surface area contributed by atoms with Crippen molar-refractivity contribution < 1.29 is 4.79 Å². The summed E-state index contributed by atoms with van der Waals surface area (Å²) in [5, 5.41) is 0. The highest BCUT2D eigenvalue weighted by atomic mass is 35.5. The van der Waals surface area contributed by atoms with E-state index in [2.05, 4.69) is 53.5 Å². The molecule has 1 saturated heterocycles. The van der Waals surface area contributed by atoms with Crippen molar-refractivity contribution in [3.05, 3.63) is 65.7 Å². The number of primary amides is 1. The van der Waals surface area contributed by atoms with Gasteiger partial charge in [-0.15, -0.1) is 12.4 Å². The van der Waals surface area contributed by atoms with Crippen molar-refractivity contribution in [2.24, 2.45) is 5.73 Å². The largest absolute Gasteiger partial charge is 0.368 e. The van der Waals surface area contributed by atoms with Crippen LogP contribution in [-0.4, -0.2) is 18.5 Å². The fourth-order valence-electron chi connectivity index (χ4n) is 2.91. The van der Waals surface area contributed by atoms with Crippen molar-refractivity contribution in [1.82, 2.24) is 0 Å². The Balaban J connectivity index is 0.00000192. The van der Waals surface area contributed by atoms with Crippen LogP contribution in [0, 0.1) is 0 Å². The maximum atomic E-state index is 11.5. The van der Waals surface area contributed by atoms with Crippen LogP contribution >= 0.6 is 12.4 Å². The Morgan fingerprint density at radius 3 is 2.22 bits per heavy atom. The predicted octanol–water partition coefficient (Wildman–Crippen LogP) is 3.73. The van der Waals surface area contributed by atoms with Gasteiger partial charge in [-0.3, -0.25) is 4.79 Å². The first-order valence-corrected chi connectivity index (χ1v) is 7.63. The lowest BCUT2D eigenvalue weighted by atomic mass is 10.1. The zero-order chi connectivity index (χ0) is 15.4. The molecule has 3 rings (SSSR count). The number of nitrogens with two attached hydrogens (primary N) is 1. The van der Waals surface area contributed by atoms with E-state index in [-0.39, 0.29) is 24.4 Å². The molecule has 4 heteroatoms. The van der Waals surface area contributed by atoms with Gasteiger partial charge in [0.2, 0.25) is 5.91 Å². The maximum Gasteiger partial charge on any atom is 0.240 e. The molecule has 0 aliphatic carbocycles. The summed E-state index contributed by atoms with van der Waals surface area (Å²) in [6.07, 6.45) is 6.06. The van der Waals surface area contributed by atoms with E-state index < -0.39 is 0 Å². The molecule has 0 spiro atoms. The van der Waals surface area contributed by atoms with Crippen molar-refractivity contribution >= 4 is 36.2 Å². The number of carbonyl (C=O) groups excluding carboxylic acids is 1. The lowest BCUT2D eigenvalue weighted by molar-refractivity contribution is -0.119. The number of benzene rings is 2. The zero-order valence-electron chi connectivity index (χ0n) is 12.9. The minimum atomic E-state index is -0.231. The highest BCUT2D eigenvalue weighted by Gasteiger charge is 2.28. The third-order valence-corrected chi connectivity index (χ3v) is 4.07. The summed E-state index contributed by atoms with van der Waals surface area (Å²) in [5.74, 6) is -0.231. The average Bonchev–Trinajstić information content (AvgIpc) is 3.04. The Hall–Kier alpha value is -2.26. The summed E-state index contributed by atoms with van der Waals surface area (Å²) in [5.41, 5.74) is 8.87. The van der Waals surface area contributed by atoms with Crippen LogP contribution < -0.4 is 10.6 Å². The molecule has 1 heterocycles. The first-order chi connectivity index (χ1) is 10.7. The van der Waals surface area contributed by atoms with Gasteiger partial charge in [0.15, 0.2) is 0 Å². The molecule has 1 amide bonds. The van der Waals surface area contributed by atoms with Gasteiger partial charge in [-0.1, -0.05) is 54.6 Å². The van der Waals surface area contributed by atoms with Crippen LogP contribution in [0.15, 0.2) is 54.6 Å². The number of anilines is 1. The van der Waals surface area contributed by atoms with Crippen LogP contribution in [0.3, 0.4) is 0 Å². The SMILES string of the molecule is Cl.NC(=O)[C@H]1CCCN1c1ccc(/C=C/c2ccccc2)cc1. The lowest BCUT2D eigenvalue weighted by Crippen LogP contribution is -2.40. The molecule has 0 bridgehead atoms. The third-order valence-electron chi connectivity index (χ3n) is 4.07. The van der Waals surface area contributed by atoms with E-state index in [1.54, 1.807) is 0 Å². The second kappa shape index (κ2) is 7.84.